The number of hydrogen-bond donors (Lipinski definition) is 3. The normalized spacial score (nSPS) is 18.6. The summed E-state index contributed by atoms with van der Waals surface area (Å²) in [5.41, 5.74) is 8.23. The molecule has 2 aromatic rings. The van der Waals surface area contributed by atoms with E-state index in [1.165, 1.54) is 5.56 Å². The number of anilines is 1. The Hall–Kier alpha value is -1.08. The molecule has 28 heavy (non-hydrogen) atoms. The van der Waals surface area contributed by atoms with Gasteiger partial charge in [-0.25, -0.2) is 4.98 Å². The molecule has 0 aliphatic carbocycles. The van der Waals surface area contributed by atoms with Gasteiger partial charge in [-0.3, -0.25) is 4.90 Å². The first-order chi connectivity index (χ1) is 12.2. The number of hydrogen-bond acceptors (Lipinski definition) is 5. The Morgan fingerprint density at radius 2 is 1.79 bits per heavy atom. The van der Waals surface area contributed by atoms with Crippen molar-refractivity contribution >= 4 is 43.0 Å². The number of pyridine rings is 1. The number of nitrogens with zero attached hydrogens (tertiary/aromatic N) is 2. The van der Waals surface area contributed by atoms with E-state index in [1.54, 1.807) is 0 Å². The van der Waals surface area contributed by atoms with E-state index in [0.717, 1.165) is 44.7 Å². The molecule has 1 fully saturated rings. The van der Waals surface area contributed by atoms with Crippen molar-refractivity contribution in [2.45, 2.75) is 25.4 Å². The minimum absolute atomic E-state index is 0. The molecular weight excluding hydrogens is 419 g/mol. The second-order valence-corrected chi connectivity index (χ2v) is 6.84. The number of rotatable bonds is 8. The van der Waals surface area contributed by atoms with E-state index in [0.29, 0.717) is 17.8 Å². The fourth-order valence-corrected chi connectivity index (χ4v) is 3.62. The van der Waals surface area contributed by atoms with Gasteiger partial charge in [-0.05, 0) is 43.0 Å². The number of aliphatic hydroxyl groups is 1. The van der Waals surface area contributed by atoms with Crippen LogP contribution in [0.15, 0.2) is 48.5 Å². The fraction of sp³-hybridized carbons (Fsp3) is 0.450. The number of nitrogen functional groups attached to an aromatic ring is 1. The third-order valence-electron chi connectivity index (χ3n) is 4.81. The van der Waals surface area contributed by atoms with Crippen molar-refractivity contribution in [3.63, 3.8) is 0 Å². The number of aromatic nitrogens is 1. The summed E-state index contributed by atoms with van der Waals surface area (Å²) in [6.07, 6.45) is 1.71. The quantitative estimate of drug-likeness (QED) is 0.540. The van der Waals surface area contributed by atoms with E-state index < -0.39 is 0 Å². The highest BCUT2D eigenvalue weighted by atomic mass is 35.5. The summed E-state index contributed by atoms with van der Waals surface area (Å²) in [6.45, 7) is 4.12. The van der Waals surface area contributed by atoms with E-state index in [4.69, 9.17) is 10.8 Å². The Kier molecular flexibility index (Phi) is 13.5. The Morgan fingerprint density at radius 3 is 2.46 bits per heavy atom. The topological polar surface area (TPSA) is 74.4 Å². The molecule has 4 N–H and O–H groups in total. The van der Waals surface area contributed by atoms with Crippen LogP contribution >= 0.6 is 37.2 Å². The SMILES string of the molecule is Cl.Cl.Cl.Nc1cccc(C[C@H]2CN(Cc3ccccc3)C[C@@H]2NCCCO)n1. The maximum atomic E-state index is 9.04. The second kappa shape index (κ2) is 14.0. The summed E-state index contributed by atoms with van der Waals surface area (Å²) < 4.78 is 0. The van der Waals surface area contributed by atoms with Crippen LogP contribution in [0.2, 0.25) is 0 Å². The second-order valence-electron chi connectivity index (χ2n) is 6.84. The van der Waals surface area contributed by atoms with Crippen molar-refractivity contribution in [2.24, 2.45) is 5.92 Å². The molecule has 0 saturated carbocycles. The van der Waals surface area contributed by atoms with Gasteiger partial charge in [-0.1, -0.05) is 36.4 Å². The summed E-state index contributed by atoms with van der Waals surface area (Å²) >= 11 is 0. The van der Waals surface area contributed by atoms with Crippen LogP contribution in [0.1, 0.15) is 17.7 Å². The highest BCUT2D eigenvalue weighted by Crippen LogP contribution is 2.23. The lowest BCUT2D eigenvalue weighted by Gasteiger charge is -2.19. The van der Waals surface area contributed by atoms with Gasteiger partial charge in [0.15, 0.2) is 0 Å². The van der Waals surface area contributed by atoms with Gasteiger partial charge < -0.3 is 16.2 Å². The lowest BCUT2D eigenvalue weighted by molar-refractivity contribution is 0.279. The van der Waals surface area contributed by atoms with Crippen LogP contribution in [-0.4, -0.2) is 47.3 Å². The molecular formula is C20H31Cl3N4O. The molecule has 1 aromatic heterocycles. The monoisotopic (exact) mass is 448 g/mol. The van der Waals surface area contributed by atoms with Crippen molar-refractivity contribution in [1.29, 1.82) is 0 Å². The van der Waals surface area contributed by atoms with Gasteiger partial charge >= 0.3 is 0 Å². The van der Waals surface area contributed by atoms with E-state index in [1.807, 2.05) is 12.1 Å². The van der Waals surface area contributed by atoms with Crippen LogP contribution in [0.25, 0.3) is 0 Å². The molecule has 1 saturated heterocycles. The van der Waals surface area contributed by atoms with Crippen LogP contribution in [-0.2, 0) is 13.0 Å². The van der Waals surface area contributed by atoms with Gasteiger partial charge in [-0.15, -0.1) is 37.2 Å². The highest BCUT2D eigenvalue weighted by Gasteiger charge is 2.32. The summed E-state index contributed by atoms with van der Waals surface area (Å²) in [4.78, 5) is 6.97. The first-order valence-electron chi connectivity index (χ1n) is 9.06. The molecule has 1 aliphatic heterocycles. The average Bonchev–Trinajstić information content (AvgIpc) is 2.97. The number of halogens is 3. The lowest BCUT2D eigenvalue weighted by atomic mass is 9.97. The molecule has 0 unspecified atom stereocenters. The molecule has 1 aromatic carbocycles. The molecule has 0 amide bonds. The Morgan fingerprint density at radius 1 is 1.04 bits per heavy atom. The zero-order chi connectivity index (χ0) is 17.5. The number of nitrogens with one attached hydrogen (secondary N) is 1. The van der Waals surface area contributed by atoms with Gasteiger partial charge in [0.25, 0.3) is 0 Å². The van der Waals surface area contributed by atoms with E-state index in [2.05, 4.69) is 51.6 Å². The number of benzene rings is 1. The standard InChI is InChI=1S/C20H28N4O.3ClH/c21-20-9-4-8-18(23-20)12-17-14-24(13-16-6-2-1-3-7-16)15-19(17)22-10-5-11-25;;;/h1-4,6-9,17,19,22,25H,5,10-15H2,(H2,21,23);3*1H/t17-,19-;;;/m0.../s1. The minimum atomic E-state index is 0. The van der Waals surface area contributed by atoms with E-state index in [-0.39, 0.29) is 43.8 Å². The predicted octanol–water partition coefficient (Wildman–Crippen LogP) is 2.94. The third kappa shape index (κ3) is 8.11. The van der Waals surface area contributed by atoms with Gasteiger partial charge in [0, 0.05) is 38.0 Å². The molecule has 0 bridgehead atoms. The van der Waals surface area contributed by atoms with Crippen molar-refractivity contribution in [2.75, 3.05) is 32.0 Å². The number of nitrogens with two attached hydrogens (primary N) is 1. The molecule has 8 heteroatoms. The summed E-state index contributed by atoms with van der Waals surface area (Å²) in [6, 6.07) is 16.9. The maximum Gasteiger partial charge on any atom is 0.123 e. The van der Waals surface area contributed by atoms with Crippen molar-refractivity contribution in [3.05, 3.63) is 59.8 Å². The maximum absolute atomic E-state index is 9.04. The largest absolute Gasteiger partial charge is 0.396 e. The Labute approximate surface area is 186 Å². The molecule has 5 nitrogen and oxygen atoms in total. The van der Waals surface area contributed by atoms with Crippen LogP contribution < -0.4 is 11.1 Å². The Bertz CT molecular complexity index is 663. The van der Waals surface area contributed by atoms with Crippen LogP contribution in [0.5, 0.6) is 0 Å². The van der Waals surface area contributed by atoms with Gasteiger partial charge in [0.2, 0.25) is 0 Å². The molecule has 3 rings (SSSR count). The van der Waals surface area contributed by atoms with Crippen molar-refractivity contribution in [1.82, 2.24) is 15.2 Å². The molecule has 1 aliphatic rings. The van der Waals surface area contributed by atoms with Gasteiger partial charge in [0.05, 0.1) is 0 Å². The van der Waals surface area contributed by atoms with Gasteiger partial charge in [0.1, 0.15) is 5.82 Å². The van der Waals surface area contributed by atoms with Crippen LogP contribution in [0.3, 0.4) is 0 Å². The van der Waals surface area contributed by atoms with Crippen molar-refractivity contribution in [3.8, 4) is 0 Å². The first kappa shape index (κ1) is 26.9. The van der Waals surface area contributed by atoms with E-state index in [9.17, 15) is 0 Å². The summed E-state index contributed by atoms with van der Waals surface area (Å²) in [7, 11) is 0. The zero-order valence-corrected chi connectivity index (χ0v) is 18.3. The fourth-order valence-electron chi connectivity index (χ4n) is 3.62. The smallest absolute Gasteiger partial charge is 0.123 e. The zero-order valence-electron chi connectivity index (χ0n) is 15.9. The molecule has 158 valence electrons. The molecule has 2 heterocycles. The van der Waals surface area contributed by atoms with Crippen LogP contribution in [0.4, 0.5) is 5.82 Å². The lowest BCUT2D eigenvalue weighted by Crippen LogP contribution is -2.38. The number of aliphatic hydroxyl groups excluding tert-OH is 1. The first-order valence-corrected chi connectivity index (χ1v) is 9.06. The highest BCUT2D eigenvalue weighted by molar-refractivity contribution is 5.86. The third-order valence-corrected chi connectivity index (χ3v) is 4.81. The number of likely N-dealkylation sites (tertiary alicyclic amines) is 1. The summed E-state index contributed by atoms with van der Waals surface area (Å²) in [5, 5.41) is 12.7. The molecule has 2 atom stereocenters. The van der Waals surface area contributed by atoms with Crippen LogP contribution in [0, 0.1) is 5.92 Å². The average molecular weight is 450 g/mol. The summed E-state index contributed by atoms with van der Waals surface area (Å²) in [5.74, 6) is 1.08. The van der Waals surface area contributed by atoms with E-state index >= 15 is 0 Å². The molecule has 0 spiro atoms. The molecule has 0 radical (unpaired) electrons. The Balaban J connectivity index is 0.00000243. The minimum Gasteiger partial charge on any atom is -0.396 e. The predicted molar refractivity (Wildman–Crippen MR) is 123 cm³/mol. The van der Waals surface area contributed by atoms with Crippen molar-refractivity contribution < 1.29 is 5.11 Å². The van der Waals surface area contributed by atoms with Gasteiger partial charge in [-0.2, -0.15) is 0 Å².